The van der Waals surface area contributed by atoms with Crippen molar-refractivity contribution in [1.29, 1.82) is 0 Å². The van der Waals surface area contributed by atoms with Crippen molar-refractivity contribution < 1.29 is 19.8 Å². The van der Waals surface area contributed by atoms with Crippen LogP contribution in [0.15, 0.2) is 0 Å². The lowest BCUT2D eigenvalue weighted by Gasteiger charge is -2.39. The van der Waals surface area contributed by atoms with E-state index in [1.54, 1.807) is 11.8 Å². The monoisotopic (exact) mass is 256 g/mol. The van der Waals surface area contributed by atoms with E-state index in [0.29, 0.717) is 25.9 Å². The minimum Gasteiger partial charge on any atom is -0.480 e. The second kappa shape index (κ2) is 4.76. The van der Waals surface area contributed by atoms with E-state index in [9.17, 15) is 14.7 Å². The van der Waals surface area contributed by atoms with Gasteiger partial charge in [0.2, 0.25) is 0 Å². The number of aliphatic hydroxyl groups is 1. The Morgan fingerprint density at radius 2 is 2.00 bits per heavy atom. The fraction of sp³-hybridized carbons (Fsp3) is 0.833. The van der Waals surface area contributed by atoms with Crippen LogP contribution in [0.1, 0.15) is 32.6 Å². The number of hydrogen-bond donors (Lipinski definition) is 2. The lowest BCUT2D eigenvalue weighted by molar-refractivity contribution is -0.141. The highest BCUT2D eigenvalue weighted by atomic mass is 16.4. The normalized spacial score (nSPS) is 32.7. The Morgan fingerprint density at radius 3 is 2.61 bits per heavy atom. The summed E-state index contributed by atoms with van der Waals surface area (Å²) in [4.78, 5) is 26.3. The Hall–Kier alpha value is -1.30. The summed E-state index contributed by atoms with van der Waals surface area (Å²) in [5.74, 6) is -0.940. The van der Waals surface area contributed by atoms with Gasteiger partial charge in [0.1, 0.15) is 6.04 Å². The van der Waals surface area contributed by atoms with Crippen LogP contribution >= 0.6 is 0 Å². The molecular weight excluding hydrogens is 236 g/mol. The Morgan fingerprint density at radius 1 is 1.28 bits per heavy atom. The molecule has 2 atom stereocenters. The molecule has 2 fully saturated rings. The van der Waals surface area contributed by atoms with Gasteiger partial charge in [0.05, 0.1) is 12.1 Å². The Kier molecular flexibility index (Phi) is 3.47. The molecule has 6 nitrogen and oxygen atoms in total. The number of carboxylic acids is 1. The third kappa shape index (κ3) is 2.58. The van der Waals surface area contributed by atoms with Crippen molar-refractivity contribution in [3.05, 3.63) is 0 Å². The van der Waals surface area contributed by atoms with Gasteiger partial charge in [0.15, 0.2) is 0 Å². The Bertz CT molecular complexity index is 356. The predicted molar refractivity (Wildman–Crippen MR) is 64.2 cm³/mol. The number of aliphatic carboxylic acids is 1. The number of carbonyl (C=O) groups excluding carboxylic acids is 1. The zero-order valence-electron chi connectivity index (χ0n) is 10.6. The van der Waals surface area contributed by atoms with Gasteiger partial charge in [-0.05, 0) is 32.6 Å². The zero-order valence-corrected chi connectivity index (χ0v) is 10.6. The van der Waals surface area contributed by atoms with Crippen LogP contribution < -0.4 is 0 Å². The van der Waals surface area contributed by atoms with Crippen molar-refractivity contribution in [2.45, 2.75) is 44.2 Å². The van der Waals surface area contributed by atoms with Crippen LogP contribution in [0.2, 0.25) is 0 Å². The molecule has 0 aromatic heterocycles. The first-order valence-electron chi connectivity index (χ1n) is 6.41. The molecule has 2 amide bonds. The van der Waals surface area contributed by atoms with Gasteiger partial charge >= 0.3 is 12.0 Å². The van der Waals surface area contributed by atoms with E-state index in [2.05, 4.69) is 0 Å². The highest BCUT2D eigenvalue weighted by Gasteiger charge is 2.39. The van der Waals surface area contributed by atoms with Crippen molar-refractivity contribution in [3.63, 3.8) is 0 Å². The second-order valence-electron chi connectivity index (χ2n) is 5.49. The van der Waals surface area contributed by atoms with Crippen LogP contribution in [0.3, 0.4) is 0 Å². The molecule has 1 unspecified atom stereocenters. The molecule has 0 aliphatic carbocycles. The van der Waals surface area contributed by atoms with Crippen LogP contribution in [0, 0.1) is 0 Å². The average Bonchev–Trinajstić information content (AvgIpc) is 2.75. The van der Waals surface area contributed by atoms with Gasteiger partial charge in [-0.3, -0.25) is 0 Å². The molecule has 2 rings (SSSR count). The maximum atomic E-state index is 12.3. The van der Waals surface area contributed by atoms with Crippen LogP contribution in [0.4, 0.5) is 4.79 Å². The molecule has 0 aromatic carbocycles. The van der Waals surface area contributed by atoms with Crippen molar-refractivity contribution in [3.8, 4) is 0 Å². The highest BCUT2D eigenvalue weighted by Crippen LogP contribution is 2.24. The van der Waals surface area contributed by atoms with E-state index in [0.717, 1.165) is 12.8 Å². The standard InChI is InChI=1S/C12H20N2O4/c1-12(18)5-3-6-13(8-12)11(17)14-7-2-4-9(14)10(15)16/h9,18H,2-8H2,1H3,(H,15,16)/t9-,12?/m1/s1. The van der Waals surface area contributed by atoms with Crippen LogP contribution in [-0.4, -0.2) is 63.3 Å². The largest absolute Gasteiger partial charge is 0.480 e. The van der Waals surface area contributed by atoms with Crippen molar-refractivity contribution in [2.24, 2.45) is 0 Å². The molecule has 2 aliphatic rings. The summed E-state index contributed by atoms with van der Waals surface area (Å²) in [6.45, 7) is 3.09. The van der Waals surface area contributed by atoms with Gasteiger partial charge in [-0.25, -0.2) is 9.59 Å². The van der Waals surface area contributed by atoms with Gasteiger partial charge in [-0.15, -0.1) is 0 Å². The van der Waals surface area contributed by atoms with E-state index >= 15 is 0 Å². The molecule has 0 spiro atoms. The van der Waals surface area contributed by atoms with Gasteiger partial charge in [-0.1, -0.05) is 0 Å². The summed E-state index contributed by atoms with van der Waals surface area (Å²) in [6.07, 6.45) is 2.68. The van der Waals surface area contributed by atoms with Crippen molar-refractivity contribution in [2.75, 3.05) is 19.6 Å². The van der Waals surface area contributed by atoms with Crippen LogP contribution in [0.5, 0.6) is 0 Å². The third-order valence-corrected chi connectivity index (χ3v) is 3.73. The van der Waals surface area contributed by atoms with Gasteiger partial charge in [0.25, 0.3) is 0 Å². The molecule has 0 saturated carbocycles. The maximum Gasteiger partial charge on any atom is 0.326 e. The number of carboxylic acid groups (broad SMARTS) is 1. The maximum absolute atomic E-state index is 12.3. The van der Waals surface area contributed by atoms with Crippen LogP contribution in [0.25, 0.3) is 0 Å². The fourth-order valence-corrected chi connectivity index (χ4v) is 2.82. The van der Waals surface area contributed by atoms with Gasteiger partial charge in [0, 0.05) is 13.1 Å². The smallest absolute Gasteiger partial charge is 0.326 e. The number of nitrogens with zero attached hydrogens (tertiary/aromatic N) is 2. The van der Waals surface area contributed by atoms with Crippen LogP contribution in [-0.2, 0) is 4.79 Å². The number of rotatable bonds is 1. The summed E-state index contributed by atoms with van der Waals surface area (Å²) in [5.41, 5.74) is -0.855. The summed E-state index contributed by atoms with van der Waals surface area (Å²) < 4.78 is 0. The van der Waals surface area contributed by atoms with E-state index in [-0.39, 0.29) is 12.6 Å². The number of likely N-dealkylation sites (tertiary alicyclic amines) is 2. The molecule has 2 heterocycles. The van der Waals surface area contributed by atoms with E-state index in [1.807, 2.05) is 0 Å². The Balaban J connectivity index is 2.04. The van der Waals surface area contributed by atoms with E-state index in [1.165, 1.54) is 4.90 Å². The SMILES string of the molecule is CC1(O)CCCN(C(=O)N2CCC[C@@H]2C(=O)O)C1. The van der Waals surface area contributed by atoms with E-state index in [4.69, 9.17) is 5.11 Å². The Labute approximate surface area is 106 Å². The summed E-state index contributed by atoms with van der Waals surface area (Å²) in [7, 11) is 0. The van der Waals surface area contributed by atoms with Gasteiger partial charge in [-0.2, -0.15) is 0 Å². The second-order valence-corrected chi connectivity index (χ2v) is 5.49. The summed E-state index contributed by atoms with van der Waals surface area (Å²) >= 11 is 0. The van der Waals surface area contributed by atoms with Gasteiger partial charge < -0.3 is 20.0 Å². The lowest BCUT2D eigenvalue weighted by atomic mass is 9.95. The zero-order chi connectivity index (χ0) is 13.3. The minimum atomic E-state index is -0.940. The molecule has 18 heavy (non-hydrogen) atoms. The number of urea groups is 1. The first-order chi connectivity index (χ1) is 8.41. The average molecular weight is 256 g/mol. The quantitative estimate of drug-likeness (QED) is 0.716. The molecule has 102 valence electrons. The third-order valence-electron chi connectivity index (χ3n) is 3.73. The molecule has 0 aromatic rings. The number of amides is 2. The topological polar surface area (TPSA) is 81.1 Å². The highest BCUT2D eigenvalue weighted by molar-refractivity contribution is 5.83. The number of piperidine rings is 1. The predicted octanol–water partition coefficient (Wildman–Crippen LogP) is 0.502. The number of hydrogen-bond acceptors (Lipinski definition) is 3. The molecule has 0 bridgehead atoms. The fourth-order valence-electron chi connectivity index (χ4n) is 2.82. The van der Waals surface area contributed by atoms with Crippen molar-refractivity contribution in [1.82, 2.24) is 9.80 Å². The first kappa shape index (κ1) is 13.1. The molecular formula is C12H20N2O4. The number of β-amino-alcohol motifs (C(OH)–C–C–N with tert-alkyl or cyclic N) is 1. The lowest BCUT2D eigenvalue weighted by Crippen LogP contribution is -2.54. The molecule has 2 N–H and O–H groups in total. The molecule has 2 aliphatic heterocycles. The number of carbonyl (C=O) groups is 2. The molecule has 6 heteroatoms. The molecule has 0 radical (unpaired) electrons. The summed E-state index contributed by atoms with van der Waals surface area (Å²) in [6, 6.07) is -0.954. The summed E-state index contributed by atoms with van der Waals surface area (Å²) in [5, 5.41) is 19.1. The first-order valence-corrected chi connectivity index (χ1v) is 6.41. The molecule has 2 saturated heterocycles. The minimum absolute atomic E-state index is 0.250. The van der Waals surface area contributed by atoms with E-state index < -0.39 is 17.6 Å². The van der Waals surface area contributed by atoms with Crippen molar-refractivity contribution >= 4 is 12.0 Å².